The number of carbonyl (C=O) groups is 3. The summed E-state index contributed by atoms with van der Waals surface area (Å²) in [6, 6.07) is 17.4. The highest BCUT2D eigenvalue weighted by Gasteiger charge is 2.35. The number of esters is 1. The second-order valence-electron chi connectivity index (χ2n) is 7.91. The number of carbonyl (C=O) groups excluding carboxylic acids is 3. The molecule has 2 amide bonds. The molecule has 0 unspecified atom stereocenters. The normalized spacial score (nSPS) is 14.4. The summed E-state index contributed by atoms with van der Waals surface area (Å²) in [6.45, 7) is 4.32. The molecule has 0 aliphatic carbocycles. The van der Waals surface area contributed by atoms with Gasteiger partial charge in [0.2, 0.25) is 0 Å². The molecule has 0 atom stereocenters. The molecule has 6 nitrogen and oxygen atoms in total. The lowest BCUT2D eigenvalue weighted by Gasteiger charge is -2.14. The molecule has 4 rings (SSSR count). The van der Waals surface area contributed by atoms with E-state index in [-0.39, 0.29) is 23.4 Å². The Bertz CT molecular complexity index is 1360. The predicted octanol–water partition coefficient (Wildman–Crippen LogP) is 7.27. The predicted molar refractivity (Wildman–Crippen MR) is 144 cm³/mol. The van der Waals surface area contributed by atoms with Gasteiger partial charge in [-0.2, -0.15) is 0 Å². The number of halogens is 2. The molecule has 3 aromatic rings. The Kier molecular flexibility index (Phi) is 8.18. The van der Waals surface area contributed by atoms with E-state index in [2.05, 4.69) is 15.9 Å². The van der Waals surface area contributed by atoms with E-state index < -0.39 is 5.97 Å². The monoisotopic (exact) mass is 585 g/mol. The Morgan fingerprint density at radius 1 is 1.08 bits per heavy atom. The summed E-state index contributed by atoms with van der Waals surface area (Å²) in [6.07, 6.45) is 1.62. The van der Waals surface area contributed by atoms with E-state index in [4.69, 9.17) is 21.1 Å². The lowest BCUT2D eigenvalue weighted by molar-refractivity contribution is -0.123. The van der Waals surface area contributed by atoms with Crippen LogP contribution in [-0.4, -0.2) is 28.6 Å². The molecule has 184 valence electrons. The molecule has 1 fully saturated rings. The van der Waals surface area contributed by atoms with Gasteiger partial charge in [-0.3, -0.25) is 14.5 Å². The Balaban J connectivity index is 1.57. The van der Waals surface area contributed by atoms with Crippen molar-refractivity contribution in [3.8, 4) is 11.5 Å². The van der Waals surface area contributed by atoms with Gasteiger partial charge in [-0.05, 0) is 95.1 Å². The number of hydrogen-bond donors (Lipinski definition) is 0. The van der Waals surface area contributed by atoms with Crippen molar-refractivity contribution in [3.05, 3.63) is 97.3 Å². The van der Waals surface area contributed by atoms with Gasteiger partial charge in [0.05, 0.1) is 28.1 Å². The van der Waals surface area contributed by atoms with E-state index in [9.17, 15) is 14.4 Å². The molecule has 3 aromatic carbocycles. The van der Waals surface area contributed by atoms with E-state index in [1.807, 2.05) is 38.1 Å². The Morgan fingerprint density at radius 2 is 1.78 bits per heavy atom. The molecule has 36 heavy (non-hydrogen) atoms. The molecule has 0 N–H and O–H groups in total. The van der Waals surface area contributed by atoms with Gasteiger partial charge in [0.1, 0.15) is 0 Å². The van der Waals surface area contributed by atoms with Gasteiger partial charge in [0.15, 0.2) is 11.5 Å². The standard InChI is InChI=1S/C27H21BrClNO5S/c1-3-34-22-13-18(12-21(28)24(22)35-26(32)19-8-10-20(29)11-9-19)14-23-25(31)30(27(33)36-23)15-17-6-4-16(2)5-7-17/h4-14H,3,15H2,1-2H3/b23-14-. The van der Waals surface area contributed by atoms with Gasteiger partial charge >= 0.3 is 5.97 Å². The molecule has 0 radical (unpaired) electrons. The van der Waals surface area contributed by atoms with Crippen molar-refractivity contribution in [1.82, 2.24) is 4.90 Å². The SMILES string of the molecule is CCOc1cc(/C=C2\SC(=O)N(Cc3ccc(C)cc3)C2=O)cc(Br)c1OC(=O)c1ccc(Cl)cc1. The Hall–Kier alpha value is -3.07. The Morgan fingerprint density at radius 3 is 2.44 bits per heavy atom. The fraction of sp³-hybridized carbons (Fsp3) is 0.148. The van der Waals surface area contributed by atoms with Crippen molar-refractivity contribution in [3.63, 3.8) is 0 Å². The zero-order valence-corrected chi connectivity index (χ0v) is 22.6. The summed E-state index contributed by atoms with van der Waals surface area (Å²) in [7, 11) is 0. The first-order valence-corrected chi connectivity index (χ1v) is 13.0. The molecule has 9 heteroatoms. The van der Waals surface area contributed by atoms with Crippen LogP contribution in [0.4, 0.5) is 4.79 Å². The maximum atomic E-state index is 13.0. The first-order chi connectivity index (χ1) is 17.2. The lowest BCUT2D eigenvalue weighted by Crippen LogP contribution is -2.27. The van der Waals surface area contributed by atoms with Crippen molar-refractivity contribution in [2.24, 2.45) is 0 Å². The zero-order chi connectivity index (χ0) is 25.8. The first-order valence-electron chi connectivity index (χ1n) is 11.0. The molecular formula is C27H21BrClNO5S. The van der Waals surface area contributed by atoms with Gasteiger partial charge in [0.25, 0.3) is 11.1 Å². The van der Waals surface area contributed by atoms with Crippen LogP contribution in [0, 0.1) is 6.92 Å². The van der Waals surface area contributed by atoms with E-state index in [0.29, 0.717) is 37.9 Å². The summed E-state index contributed by atoms with van der Waals surface area (Å²) in [4.78, 5) is 39.7. The third kappa shape index (κ3) is 6.00. The third-order valence-corrected chi connectivity index (χ3v) is 6.99. The topological polar surface area (TPSA) is 72.9 Å². The van der Waals surface area contributed by atoms with Crippen molar-refractivity contribution in [2.75, 3.05) is 6.61 Å². The summed E-state index contributed by atoms with van der Waals surface area (Å²) in [5, 5.41) is 0.180. The molecule has 0 saturated carbocycles. The number of aryl methyl sites for hydroxylation is 1. The third-order valence-electron chi connectivity index (χ3n) is 5.24. The number of benzene rings is 3. The average Bonchev–Trinajstić information content (AvgIpc) is 3.10. The van der Waals surface area contributed by atoms with E-state index in [1.165, 1.54) is 4.90 Å². The average molecular weight is 587 g/mol. The number of hydrogen-bond acceptors (Lipinski definition) is 6. The van der Waals surface area contributed by atoms with Crippen LogP contribution in [-0.2, 0) is 11.3 Å². The van der Waals surface area contributed by atoms with Crippen LogP contribution in [0.25, 0.3) is 6.08 Å². The van der Waals surface area contributed by atoms with Gasteiger partial charge in [-0.15, -0.1) is 0 Å². The van der Waals surface area contributed by atoms with Gasteiger partial charge in [-0.25, -0.2) is 4.79 Å². The second kappa shape index (κ2) is 11.3. The fourth-order valence-electron chi connectivity index (χ4n) is 3.43. The van der Waals surface area contributed by atoms with E-state index in [1.54, 1.807) is 42.5 Å². The highest BCUT2D eigenvalue weighted by Crippen LogP contribution is 2.40. The minimum absolute atomic E-state index is 0.204. The number of rotatable bonds is 7. The molecule has 1 aliphatic rings. The lowest BCUT2D eigenvalue weighted by atomic mass is 10.1. The number of amides is 2. The minimum Gasteiger partial charge on any atom is -0.490 e. The quantitative estimate of drug-likeness (QED) is 0.165. The molecule has 0 bridgehead atoms. The van der Waals surface area contributed by atoms with Crippen LogP contribution in [0.2, 0.25) is 5.02 Å². The van der Waals surface area contributed by atoms with E-state index in [0.717, 1.165) is 22.9 Å². The maximum Gasteiger partial charge on any atom is 0.343 e. The number of thioether (sulfide) groups is 1. The number of nitrogens with zero attached hydrogens (tertiary/aromatic N) is 1. The molecule has 1 saturated heterocycles. The fourth-order valence-corrected chi connectivity index (χ4v) is 4.94. The largest absolute Gasteiger partial charge is 0.490 e. The van der Waals surface area contributed by atoms with Crippen LogP contribution in [0.5, 0.6) is 11.5 Å². The van der Waals surface area contributed by atoms with Gasteiger partial charge < -0.3 is 9.47 Å². The van der Waals surface area contributed by atoms with Crippen LogP contribution < -0.4 is 9.47 Å². The second-order valence-corrected chi connectivity index (χ2v) is 10.2. The van der Waals surface area contributed by atoms with Crippen LogP contribution in [0.15, 0.2) is 70.0 Å². The highest BCUT2D eigenvalue weighted by atomic mass is 79.9. The molecular weight excluding hydrogens is 566 g/mol. The van der Waals surface area contributed by atoms with Crippen molar-refractivity contribution in [1.29, 1.82) is 0 Å². The molecule has 1 heterocycles. The van der Waals surface area contributed by atoms with Crippen molar-refractivity contribution >= 4 is 62.5 Å². The summed E-state index contributed by atoms with van der Waals surface area (Å²) >= 11 is 10.2. The molecule has 0 aromatic heterocycles. The smallest absolute Gasteiger partial charge is 0.343 e. The number of ether oxygens (including phenoxy) is 2. The highest BCUT2D eigenvalue weighted by molar-refractivity contribution is 9.10. The van der Waals surface area contributed by atoms with Crippen LogP contribution in [0.3, 0.4) is 0 Å². The van der Waals surface area contributed by atoms with Crippen LogP contribution >= 0.6 is 39.3 Å². The summed E-state index contributed by atoms with van der Waals surface area (Å²) in [5.74, 6) is -0.406. The maximum absolute atomic E-state index is 13.0. The number of imide groups is 1. The Labute approximate surface area is 226 Å². The first kappa shape index (κ1) is 26.0. The van der Waals surface area contributed by atoms with Crippen LogP contribution in [0.1, 0.15) is 34.0 Å². The molecule has 1 aliphatic heterocycles. The summed E-state index contributed by atoms with van der Waals surface area (Å²) < 4.78 is 11.8. The molecule has 0 spiro atoms. The van der Waals surface area contributed by atoms with Gasteiger partial charge in [-0.1, -0.05) is 41.4 Å². The minimum atomic E-state index is -0.571. The van der Waals surface area contributed by atoms with Gasteiger partial charge in [0, 0.05) is 5.02 Å². The van der Waals surface area contributed by atoms with Crippen molar-refractivity contribution < 1.29 is 23.9 Å². The zero-order valence-electron chi connectivity index (χ0n) is 19.4. The van der Waals surface area contributed by atoms with E-state index >= 15 is 0 Å². The van der Waals surface area contributed by atoms with Crippen molar-refractivity contribution in [2.45, 2.75) is 20.4 Å². The summed E-state index contributed by atoms with van der Waals surface area (Å²) in [5.41, 5.74) is 2.92.